The van der Waals surface area contributed by atoms with E-state index in [0.29, 0.717) is 6.42 Å². The smallest absolute Gasteiger partial charge is 0.326 e. The molecular formula is C17H23NO3. The van der Waals surface area contributed by atoms with Crippen LogP contribution in [0.25, 0.3) is 0 Å². The second-order valence-corrected chi connectivity index (χ2v) is 6.09. The number of esters is 1. The normalized spacial score (nSPS) is 27.4. The van der Waals surface area contributed by atoms with E-state index in [1.54, 1.807) is 0 Å². The second kappa shape index (κ2) is 5.68. The molecule has 3 rings (SSSR count). The predicted octanol–water partition coefficient (Wildman–Crippen LogP) is 2.24. The molecule has 1 saturated carbocycles. The van der Waals surface area contributed by atoms with Crippen LogP contribution in [-0.2, 0) is 22.4 Å². The molecule has 0 saturated heterocycles. The zero-order chi connectivity index (χ0) is 14.9. The molecule has 21 heavy (non-hydrogen) atoms. The average Bonchev–Trinajstić information content (AvgIpc) is 3.13. The predicted molar refractivity (Wildman–Crippen MR) is 80.5 cm³/mol. The number of ether oxygens (including phenoxy) is 2. The maximum atomic E-state index is 12.0. The minimum Gasteiger partial charge on any atom is -0.490 e. The molecule has 0 radical (unpaired) electrons. The zero-order valence-corrected chi connectivity index (χ0v) is 12.8. The number of aryl methyl sites for hydroxylation is 2. The van der Waals surface area contributed by atoms with Crippen LogP contribution in [0.1, 0.15) is 36.8 Å². The van der Waals surface area contributed by atoms with Gasteiger partial charge in [-0.05, 0) is 62.4 Å². The van der Waals surface area contributed by atoms with Crippen molar-refractivity contribution >= 4 is 5.97 Å². The van der Waals surface area contributed by atoms with Gasteiger partial charge in [-0.25, -0.2) is 0 Å². The molecule has 1 aromatic carbocycles. The van der Waals surface area contributed by atoms with E-state index in [4.69, 9.17) is 9.47 Å². The Labute approximate surface area is 125 Å². The van der Waals surface area contributed by atoms with Crippen LogP contribution in [0.5, 0.6) is 5.75 Å². The first-order chi connectivity index (χ1) is 10.2. The number of hydrogen-bond donors (Lipinski definition) is 1. The molecule has 0 aromatic heterocycles. The Morgan fingerprint density at radius 2 is 2.14 bits per heavy atom. The molecule has 0 heterocycles. The molecule has 0 amide bonds. The number of benzene rings is 1. The SMILES string of the molecule is CNC1(C(=O)OC)CCC(Oc2ccc3c(c2)CCC3)C1. The van der Waals surface area contributed by atoms with Gasteiger partial charge in [0.15, 0.2) is 0 Å². The number of methoxy groups -OCH3 is 1. The van der Waals surface area contributed by atoms with E-state index in [-0.39, 0.29) is 12.1 Å². The van der Waals surface area contributed by atoms with Crippen molar-refractivity contribution in [1.29, 1.82) is 0 Å². The van der Waals surface area contributed by atoms with Crippen molar-refractivity contribution in [3.8, 4) is 5.75 Å². The highest BCUT2D eigenvalue weighted by Crippen LogP contribution is 2.34. The third-order valence-corrected chi connectivity index (χ3v) is 4.90. The fourth-order valence-corrected chi connectivity index (χ4v) is 3.62. The summed E-state index contributed by atoms with van der Waals surface area (Å²) in [7, 11) is 3.25. The van der Waals surface area contributed by atoms with Crippen LogP contribution in [0.15, 0.2) is 18.2 Å². The first-order valence-electron chi connectivity index (χ1n) is 7.73. The van der Waals surface area contributed by atoms with Crippen molar-refractivity contribution in [2.24, 2.45) is 0 Å². The van der Waals surface area contributed by atoms with Crippen LogP contribution < -0.4 is 10.1 Å². The third-order valence-electron chi connectivity index (χ3n) is 4.90. The maximum absolute atomic E-state index is 12.0. The molecule has 1 fully saturated rings. The third kappa shape index (κ3) is 2.64. The van der Waals surface area contributed by atoms with Crippen molar-refractivity contribution in [3.05, 3.63) is 29.3 Å². The Balaban J connectivity index is 1.68. The summed E-state index contributed by atoms with van der Waals surface area (Å²) in [6, 6.07) is 6.40. The van der Waals surface area contributed by atoms with Gasteiger partial charge in [-0.2, -0.15) is 0 Å². The van der Waals surface area contributed by atoms with E-state index in [1.807, 2.05) is 7.05 Å². The maximum Gasteiger partial charge on any atom is 0.326 e. The van der Waals surface area contributed by atoms with Crippen molar-refractivity contribution in [3.63, 3.8) is 0 Å². The first-order valence-corrected chi connectivity index (χ1v) is 7.73. The van der Waals surface area contributed by atoms with Crippen LogP contribution in [-0.4, -0.2) is 31.8 Å². The molecule has 2 unspecified atom stereocenters. The van der Waals surface area contributed by atoms with Gasteiger partial charge in [-0.15, -0.1) is 0 Å². The Morgan fingerprint density at radius 1 is 1.33 bits per heavy atom. The quantitative estimate of drug-likeness (QED) is 0.864. The first kappa shape index (κ1) is 14.4. The van der Waals surface area contributed by atoms with E-state index >= 15 is 0 Å². The summed E-state index contributed by atoms with van der Waals surface area (Å²) in [5, 5.41) is 3.13. The van der Waals surface area contributed by atoms with Gasteiger partial charge in [-0.1, -0.05) is 6.07 Å². The zero-order valence-electron chi connectivity index (χ0n) is 12.8. The topological polar surface area (TPSA) is 47.6 Å². The highest BCUT2D eigenvalue weighted by molar-refractivity contribution is 5.81. The van der Waals surface area contributed by atoms with Gasteiger partial charge < -0.3 is 14.8 Å². The van der Waals surface area contributed by atoms with Gasteiger partial charge >= 0.3 is 5.97 Å². The summed E-state index contributed by atoms with van der Waals surface area (Å²) in [5.41, 5.74) is 2.28. The highest BCUT2D eigenvalue weighted by Gasteiger charge is 2.46. The molecule has 2 aliphatic rings. The molecule has 1 N–H and O–H groups in total. The standard InChI is InChI=1S/C17H23NO3/c1-18-17(16(19)20-2)9-8-15(11-17)21-14-7-6-12-4-3-5-13(12)10-14/h6-7,10,15,18H,3-5,8-9,11H2,1-2H3. The number of rotatable bonds is 4. The van der Waals surface area contributed by atoms with E-state index in [2.05, 4.69) is 23.5 Å². The van der Waals surface area contributed by atoms with Gasteiger partial charge in [0.1, 0.15) is 17.4 Å². The summed E-state index contributed by atoms with van der Waals surface area (Å²) < 4.78 is 11.0. The van der Waals surface area contributed by atoms with E-state index in [1.165, 1.54) is 31.1 Å². The summed E-state index contributed by atoms with van der Waals surface area (Å²) >= 11 is 0. The Hall–Kier alpha value is -1.55. The molecule has 2 atom stereocenters. The van der Waals surface area contributed by atoms with Crippen molar-refractivity contribution < 1.29 is 14.3 Å². The monoisotopic (exact) mass is 289 g/mol. The number of carbonyl (C=O) groups excluding carboxylic acids is 1. The molecule has 0 spiro atoms. The number of nitrogens with one attached hydrogen (secondary N) is 1. The van der Waals surface area contributed by atoms with Gasteiger partial charge in [0, 0.05) is 6.42 Å². The van der Waals surface area contributed by atoms with Crippen LogP contribution in [0, 0.1) is 0 Å². The molecule has 1 aromatic rings. The summed E-state index contributed by atoms with van der Waals surface area (Å²) in [6.45, 7) is 0. The van der Waals surface area contributed by atoms with Crippen LogP contribution in [0.4, 0.5) is 0 Å². The molecule has 0 aliphatic heterocycles. The Kier molecular flexibility index (Phi) is 3.89. The van der Waals surface area contributed by atoms with E-state index in [9.17, 15) is 4.79 Å². The lowest BCUT2D eigenvalue weighted by Crippen LogP contribution is -2.49. The molecular weight excluding hydrogens is 266 g/mol. The molecule has 4 heteroatoms. The van der Waals surface area contributed by atoms with Crippen LogP contribution in [0.3, 0.4) is 0 Å². The molecule has 4 nitrogen and oxygen atoms in total. The molecule has 2 aliphatic carbocycles. The lowest BCUT2D eigenvalue weighted by Gasteiger charge is -2.25. The second-order valence-electron chi connectivity index (χ2n) is 6.09. The number of fused-ring (bicyclic) bond motifs is 1. The van der Waals surface area contributed by atoms with Crippen LogP contribution >= 0.6 is 0 Å². The van der Waals surface area contributed by atoms with Crippen LogP contribution in [0.2, 0.25) is 0 Å². The Bertz CT molecular complexity index is 543. The van der Waals surface area contributed by atoms with Gasteiger partial charge in [0.25, 0.3) is 0 Å². The fourth-order valence-electron chi connectivity index (χ4n) is 3.62. The average molecular weight is 289 g/mol. The van der Waals surface area contributed by atoms with Crippen molar-refractivity contribution in [2.75, 3.05) is 14.2 Å². The number of hydrogen-bond acceptors (Lipinski definition) is 4. The number of carbonyl (C=O) groups is 1. The minimum absolute atomic E-state index is 0.0657. The molecule has 114 valence electrons. The lowest BCUT2D eigenvalue weighted by atomic mass is 9.98. The summed E-state index contributed by atoms with van der Waals surface area (Å²) in [4.78, 5) is 12.0. The Morgan fingerprint density at radius 3 is 2.90 bits per heavy atom. The van der Waals surface area contributed by atoms with Gasteiger partial charge in [0.2, 0.25) is 0 Å². The van der Waals surface area contributed by atoms with Crippen molar-refractivity contribution in [1.82, 2.24) is 5.32 Å². The summed E-state index contributed by atoms with van der Waals surface area (Å²) in [6.07, 6.45) is 5.93. The van der Waals surface area contributed by atoms with Crippen molar-refractivity contribution in [2.45, 2.75) is 50.2 Å². The fraction of sp³-hybridized carbons (Fsp3) is 0.588. The lowest BCUT2D eigenvalue weighted by molar-refractivity contribution is -0.148. The van der Waals surface area contributed by atoms with Gasteiger partial charge in [0.05, 0.1) is 7.11 Å². The van der Waals surface area contributed by atoms with E-state index in [0.717, 1.165) is 25.0 Å². The van der Waals surface area contributed by atoms with Gasteiger partial charge in [-0.3, -0.25) is 4.79 Å². The molecule has 0 bridgehead atoms. The highest BCUT2D eigenvalue weighted by atomic mass is 16.5. The minimum atomic E-state index is -0.587. The van der Waals surface area contributed by atoms with E-state index < -0.39 is 5.54 Å². The largest absolute Gasteiger partial charge is 0.490 e. The number of likely N-dealkylation sites (N-methyl/N-ethyl adjacent to an activating group) is 1. The summed E-state index contributed by atoms with van der Waals surface area (Å²) in [5.74, 6) is 0.738.